The Kier molecular flexibility index (Phi) is 5.39. The highest BCUT2D eigenvalue weighted by molar-refractivity contribution is 6.11. The van der Waals surface area contributed by atoms with Crippen molar-refractivity contribution in [3.8, 4) is 0 Å². The van der Waals surface area contributed by atoms with Crippen molar-refractivity contribution in [3.05, 3.63) is 53.7 Å². The predicted octanol–water partition coefficient (Wildman–Crippen LogP) is 4.15. The SMILES string of the molecule is CCCCOC(=O)c1c2ccccc2n2cc(CCN(C)C)ccc12. The minimum Gasteiger partial charge on any atom is -0.462 e. The van der Waals surface area contributed by atoms with Gasteiger partial charge in [-0.15, -0.1) is 0 Å². The van der Waals surface area contributed by atoms with Gasteiger partial charge in [0.2, 0.25) is 0 Å². The molecule has 3 aromatic rings. The maximum atomic E-state index is 12.7. The molecule has 4 heteroatoms. The molecule has 4 nitrogen and oxygen atoms in total. The van der Waals surface area contributed by atoms with E-state index >= 15 is 0 Å². The molecule has 0 radical (unpaired) electrons. The van der Waals surface area contributed by atoms with Gasteiger partial charge in [-0.25, -0.2) is 4.79 Å². The fourth-order valence-corrected chi connectivity index (χ4v) is 3.08. The van der Waals surface area contributed by atoms with Crippen molar-refractivity contribution in [2.45, 2.75) is 26.2 Å². The van der Waals surface area contributed by atoms with E-state index in [4.69, 9.17) is 4.74 Å². The summed E-state index contributed by atoms with van der Waals surface area (Å²) < 4.78 is 7.62. The van der Waals surface area contributed by atoms with Crippen LogP contribution in [0.5, 0.6) is 0 Å². The number of benzene rings is 1. The average molecular weight is 338 g/mol. The number of ether oxygens (including phenoxy) is 1. The third kappa shape index (κ3) is 3.69. The van der Waals surface area contributed by atoms with Crippen LogP contribution in [-0.4, -0.2) is 42.5 Å². The Morgan fingerprint density at radius 3 is 2.68 bits per heavy atom. The van der Waals surface area contributed by atoms with Crippen LogP contribution in [0.3, 0.4) is 0 Å². The summed E-state index contributed by atoms with van der Waals surface area (Å²) in [6.45, 7) is 3.56. The zero-order chi connectivity index (χ0) is 17.8. The number of hydrogen-bond donors (Lipinski definition) is 0. The molecule has 2 heterocycles. The minimum atomic E-state index is -0.229. The van der Waals surface area contributed by atoms with E-state index < -0.39 is 0 Å². The largest absolute Gasteiger partial charge is 0.462 e. The molecule has 0 amide bonds. The van der Waals surface area contributed by atoms with E-state index in [1.165, 1.54) is 5.56 Å². The average Bonchev–Trinajstić information content (AvgIpc) is 2.94. The van der Waals surface area contributed by atoms with Crippen LogP contribution < -0.4 is 0 Å². The summed E-state index contributed by atoms with van der Waals surface area (Å²) in [5, 5.41) is 0.953. The van der Waals surface area contributed by atoms with Gasteiger partial charge in [0.25, 0.3) is 0 Å². The number of pyridine rings is 1. The second kappa shape index (κ2) is 7.70. The summed E-state index contributed by atoms with van der Waals surface area (Å²) in [5.41, 5.74) is 3.89. The summed E-state index contributed by atoms with van der Waals surface area (Å²) in [6.07, 6.45) is 5.03. The van der Waals surface area contributed by atoms with Gasteiger partial charge in [0.15, 0.2) is 0 Å². The minimum absolute atomic E-state index is 0.229. The van der Waals surface area contributed by atoms with Gasteiger partial charge in [-0.1, -0.05) is 37.6 Å². The van der Waals surface area contributed by atoms with E-state index in [9.17, 15) is 4.79 Å². The van der Waals surface area contributed by atoms with Crippen molar-refractivity contribution in [2.75, 3.05) is 27.2 Å². The van der Waals surface area contributed by atoms with Crippen LogP contribution in [0.1, 0.15) is 35.7 Å². The van der Waals surface area contributed by atoms with Crippen LogP contribution in [0, 0.1) is 0 Å². The number of rotatable bonds is 7. The second-order valence-corrected chi connectivity index (χ2v) is 6.73. The molecule has 0 fully saturated rings. The predicted molar refractivity (Wildman–Crippen MR) is 102 cm³/mol. The van der Waals surface area contributed by atoms with E-state index in [0.717, 1.165) is 42.2 Å². The molecule has 25 heavy (non-hydrogen) atoms. The lowest BCUT2D eigenvalue weighted by atomic mass is 10.1. The Morgan fingerprint density at radius 2 is 1.92 bits per heavy atom. The topological polar surface area (TPSA) is 34.0 Å². The molecular formula is C21H26N2O2. The maximum absolute atomic E-state index is 12.7. The van der Waals surface area contributed by atoms with E-state index in [0.29, 0.717) is 12.2 Å². The lowest BCUT2D eigenvalue weighted by Gasteiger charge is -2.10. The summed E-state index contributed by atoms with van der Waals surface area (Å²) in [4.78, 5) is 14.8. The van der Waals surface area contributed by atoms with Crippen molar-refractivity contribution in [1.29, 1.82) is 0 Å². The van der Waals surface area contributed by atoms with E-state index in [1.54, 1.807) is 0 Å². The van der Waals surface area contributed by atoms with Crippen LogP contribution in [0.25, 0.3) is 16.4 Å². The molecule has 0 aliphatic heterocycles. The van der Waals surface area contributed by atoms with Crippen molar-refractivity contribution in [2.24, 2.45) is 0 Å². The van der Waals surface area contributed by atoms with Gasteiger partial charge in [0, 0.05) is 18.1 Å². The van der Waals surface area contributed by atoms with Crippen molar-refractivity contribution in [3.63, 3.8) is 0 Å². The lowest BCUT2D eigenvalue weighted by molar-refractivity contribution is 0.0504. The third-order valence-corrected chi connectivity index (χ3v) is 4.48. The summed E-state index contributed by atoms with van der Waals surface area (Å²) in [7, 11) is 4.15. The number of fused-ring (bicyclic) bond motifs is 3. The van der Waals surface area contributed by atoms with E-state index in [-0.39, 0.29) is 5.97 Å². The highest BCUT2D eigenvalue weighted by Gasteiger charge is 2.19. The van der Waals surface area contributed by atoms with Crippen LogP contribution in [0.4, 0.5) is 0 Å². The molecular weight excluding hydrogens is 312 g/mol. The molecule has 0 saturated heterocycles. The molecule has 0 bridgehead atoms. The van der Waals surface area contributed by atoms with Gasteiger partial charge in [-0.2, -0.15) is 0 Å². The maximum Gasteiger partial charge on any atom is 0.340 e. The van der Waals surface area contributed by atoms with Crippen LogP contribution in [-0.2, 0) is 11.2 Å². The number of aromatic nitrogens is 1. The first-order chi connectivity index (χ1) is 12.1. The zero-order valence-corrected chi connectivity index (χ0v) is 15.3. The van der Waals surface area contributed by atoms with Crippen LogP contribution in [0.2, 0.25) is 0 Å². The first-order valence-corrected chi connectivity index (χ1v) is 8.95. The number of carbonyl (C=O) groups excluding carboxylic acids is 1. The van der Waals surface area contributed by atoms with Crippen molar-refractivity contribution in [1.82, 2.24) is 9.30 Å². The first-order valence-electron chi connectivity index (χ1n) is 8.95. The molecule has 0 N–H and O–H groups in total. The molecule has 132 valence electrons. The molecule has 0 aliphatic carbocycles. The Bertz CT molecular complexity index is 880. The molecule has 2 aromatic heterocycles. The first kappa shape index (κ1) is 17.5. The number of para-hydroxylation sites is 1. The highest BCUT2D eigenvalue weighted by atomic mass is 16.5. The van der Waals surface area contributed by atoms with Crippen molar-refractivity contribution < 1.29 is 9.53 Å². The molecule has 0 aliphatic rings. The molecule has 0 unspecified atom stereocenters. The fourth-order valence-electron chi connectivity index (χ4n) is 3.08. The van der Waals surface area contributed by atoms with E-state index in [2.05, 4.69) is 48.6 Å². The number of likely N-dealkylation sites (N-methyl/N-ethyl adjacent to an activating group) is 1. The quantitative estimate of drug-likeness (QED) is 0.479. The lowest BCUT2D eigenvalue weighted by Crippen LogP contribution is -2.15. The molecule has 0 spiro atoms. The fraction of sp³-hybridized carbons (Fsp3) is 0.381. The Morgan fingerprint density at radius 1 is 1.12 bits per heavy atom. The highest BCUT2D eigenvalue weighted by Crippen LogP contribution is 2.28. The Hall–Kier alpha value is -2.33. The zero-order valence-electron chi connectivity index (χ0n) is 15.3. The van der Waals surface area contributed by atoms with Gasteiger partial charge < -0.3 is 14.0 Å². The van der Waals surface area contributed by atoms with Crippen LogP contribution in [0.15, 0.2) is 42.6 Å². The summed E-state index contributed by atoms with van der Waals surface area (Å²) >= 11 is 0. The van der Waals surface area contributed by atoms with Gasteiger partial charge in [-0.3, -0.25) is 0 Å². The third-order valence-electron chi connectivity index (χ3n) is 4.48. The van der Waals surface area contributed by atoms with Crippen LogP contribution >= 0.6 is 0 Å². The van der Waals surface area contributed by atoms with E-state index in [1.807, 2.05) is 24.3 Å². The molecule has 0 atom stereocenters. The molecule has 3 rings (SSSR count). The molecule has 1 aromatic carbocycles. The number of esters is 1. The van der Waals surface area contributed by atoms with Gasteiger partial charge in [0.1, 0.15) is 0 Å². The normalized spacial score (nSPS) is 11.5. The number of carbonyl (C=O) groups is 1. The number of unbranched alkanes of at least 4 members (excludes halogenated alkanes) is 1. The monoisotopic (exact) mass is 338 g/mol. The number of nitrogens with zero attached hydrogens (tertiary/aromatic N) is 2. The molecule has 0 saturated carbocycles. The van der Waals surface area contributed by atoms with Gasteiger partial charge in [0.05, 0.1) is 23.2 Å². The smallest absolute Gasteiger partial charge is 0.340 e. The Labute approximate surface area is 149 Å². The number of hydrogen-bond acceptors (Lipinski definition) is 3. The van der Waals surface area contributed by atoms with Gasteiger partial charge in [-0.05, 0) is 44.6 Å². The van der Waals surface area contributed by atoms with Crippen molar-refractivity contribution >= 4 is 22.4 Å². The summed E-state index contributed by atoms with van der Waals surface area (Å²) in [5.74, 6) is -0.229. The summed E-state index contributed by atoms with van der Waals surface area (Å²) in [6, 6.07) is 12.2. The van der Waals surface area contributed by atoms with Gasteiger partial charge >= 0.3 is 5.97 Å². The standard InChI is InChI=1S/C21H26N2O2/c1-4-5-14-25-21(24)20-17-8-6-7-9-18(17)23-15-16(10-11-19(20)23)12-13-22(2)3/h6-11,15H,4-5,12-14H2,1-3H3. The second-order valence-electron chi connectivity index (χ2n) is 6.73. The Balaban J connectivity index is 2.04.